The van der Waals surface area contributed by atoms with Crippen LogP contribution in [0.2, 0.25) is 0 Å². The maximum absolute atomic E-state index is 5.16. The number of benzene rings is 1. The third-order valence-corrected chi connectivity index (χ3v) is 3.26. The van der Waals surface area contributed by atoms with E-state index in [2.05, 4.69) is 34.4 Å². The average molecular weight is 286 g/mol. The quantitative estimate of drug-likeness (QED) is 0.819. The van der Waals surface area contributed by atoms with Crippen molar-refractivity contribution in [2.75, 3.05) is 24.3 Å². The summed E-state index contributed by atoms with van der Waals surface area (Å²) in [6.45, 7) is 5.74. The fraction of sp³-hybridized carbons (Fsp3) is 0.375. The highest BCUT2D eigenvalue weighted by atomic mass is 16.5. The van der Waals surface area contributed by atoms with Gasteiger partial charge in [-0.05, 0) is 31.0 Å². The third kappa shape index (κ3) is 3.84. The molecule has 0 aliphatic carbocycles. The van der Waals surface area contributed by atoms with Crippen molar-refractivity contribution in [1.82, 2.24) is 9.97 Å². The maximum atomic E-state index is 5.16. The van der Waals surface area contributed by atoms with E-state index in [1.54, 1.807) is 13.4 Å². The van der Waals surface area contributed by atoms with Crippen LogP contribution in [0.25, 0.3) is 0 Å². The highest BCUT2D eigenvalue weighted by Crippen LogP contribution is 2.21. The van der Waals surface area contributed by atoms with Gasteiger partial charge in [0.15, 0.2) is 0 Å². The summed E-state index contributed by atoms with van der Waals surface area (Å²) in [7, 11) is 1.67. The van der Waals surface area contributed by atoms with Gasteiger partial charge in [0.2, 0.25) is 0 Å². The first kappa shape index (κ1) is 15.1. The minimum Gasteiger partial charge on any atom is -0.497 e. The van der Waals surface area contributed by atoms with Gasteiger partial charge in [0.05, 0.1) is 7.11 Å². The number of hydrogen-bond acceptors (Lipinski definition) is 5. The number of aromatic nitrogens is 2. The summed E-state index contributed by atoms with van der Waals surface area (Å²) in [5.41, 5.74) is 2.30. The molecule has 0 aliphatic heterocycles. The molecule has 0 aliphatic rings. The Hall–Kier alpha value is -2.30. The van der Waals surface area contributed by atoms with Crippen LogP contribution in [0.1, 0.15) is 25.0 Å². The molecular formula is C16H22N4O. The molecule has 0 spiro atoms. The summed E-state index contributed by atoms with van der Waals surface area (Å²) in [6.07, 6.45) is 2.47. The zero-order valence-electron chi connectivity index (χ0n) is 12.8. The molecule has 2 rings (SSSR count). The van der Waals surface area contributed by atoms with Gasteiger partial charge in [-0.15, -0.1) is 0 Å². The second kappa shape index (κ2) is 7.47. The molecule has 5 heteroatoms. The minimum atomic E-state index is 0.722. The summed E-state index contributed by atoms with van der Waals surface area (Å²) < 4.78 is 5.16. The van der Waals surface area contributed by atoms with E-state index < -0.39 is 0 Å². The van der Waals surface area contributed by atoms with Crippen molar-refractivity contribution in [3.8, 4) is 5.75 Å². The molecule has 0 radical (unpaired) electrons. The topological polar surface area (TPSA) is 59.1 Å². The Labute approximate surface area is 125 Å². The summed E-state index contributed by atoms with van der Waals surface area (Å²) >= 11 is 0. The molecule has 1 aromatic heterocycles. The molecule has 0 unspecified atom stereocenters. The second-order valence-corrected chi connectivity index (χ2v) is 4.63. The van der Waals surface area contributed by atoms with Crippen LogP contribution in [0.3, 0.4) is 0 Å². The molecular weight excluding hydrogens is 264 g/mol. The van der Waals surface area contributed by atoms with E-state index >= 15 is 0 Å². The predicted octanol–water partition coefficient (Wildman–Crippen LogP) is 3.09. The van der Waals surface area contributed by atoms with E-state index in [1.807, 2.05) is 24.3 Å². The highest BCUT2D eigenvalue weighted by Gasteiger charge is 2.08. The molecule has 0 saturated heterocycles. The Kier molecular flexibility index (Phi) is 5.37. The first-order valence-electron chi connectivity index (χ1n) is 7.23. The number of nitrogens with zero attached hydrogens (tertiary/aromatic N) is 2. The molecule has 0 atom stereocenters. The van der Waals surface area contributed by atoms with E-state index in [4.69, 9.17) is 4.74 Å². The van der Waals surface area contributed by atoms with Crippen molar-refractivity contribution in [2.45, 2.75) is 26.8 Å². The van der Waals surface area contributed by atoms with E-state index in [0.29, 0.717) is 0 Å². The summed E-state index contributed by atoms with van der Waals surface area (Å²) in [5.74, 6) is 2.66. The second-order valence-electron chi connectivity index (χ2n) is 4.63. The van der Waals surface area contributed by atoms with Gasteiger partial charge in [-0.1, -0.05) is 19.1 Å². The molecule has 5 nitrogen and oxygen atoms in total. The van der Waals surface area contributed by atoms with Crippen molar-refractivity contribution < 1.29 is 4.74 Å². The Balaban J connectivity index is 2.09. The highest BCUT2D eigenvalue weighted by molar-refractivity contribution is 5.57. The Bertz CT molecular complexity index is 569. The molecule has 1 aromatic carbocycles. The van der Waals surface area contributed by atoms with Crippen LogP contribution in [0.15, 0.2) is 30.6 Å². The van der Waals surface area contributed by atoms with Crippen molar-refractivity contribution in [2.24, 2.45) is 0 Å². The molecule has 2 aromatic rings. The number of anilines is 2. The Morgan fingerprint density at radius 1 is 1.00 bits per heavy atom. The van der Waals surface area contributed by atoms with E-state index in [0.717, 1.165) is 42.5 Å². The van der Waals surface area contributed by atoms with Crippen LogP contribution in [-0.4, -0.2) is 23.6 Å². The summed E-state index contributed by atoms with van der Waals surface area (Å²) in [4.78, 5) is 8.65. The maximum Gasteiger partial charge on any atom is 0.134 e. The smallest absolute Gasteiger partial charge is 0.134 e. The number of ether oxygens (including phenoxy) is 1. The SMILES string of the molecule is CCNc1ncnc(NCc2ccc(OC)cc2)c1CC. The van der Waals surface area contributed by atoms with Gasteiger partial charge in [0.25, 0.3) is 0 Å². The van der Waals surface area contributed by atoms with Gasteiger partial charge >= 0.3 is 0 Å². The fourth-order valence-electron chi connectivity index (χ4n) is 2.15. The number of hydrogen-bond donors (Lipinski definition) is 2. The molecule has 112 valence electrons. The summed E-state index contributed by atoms with van der Waals surface area (Å²) in [6, 6.07) is 8.01. The van der Waals surface area contributed by atoms with Crippen LogP contribution in [0.5, 0.6) is 5.75 Å². The minimum absolute atomic E-state index is 0.722. The van der Waals surface area contributed by atoms with Crippen molar-refractivity contribution in [3.05, 3.63) is 41.7 Å². The predicted molar refractivity (Wildman–Crippen MR) is 85.9 cm³/mol. The van der Waals surface area contributed by atoms with Crippen molar-refractivity contribution in [1.29, 1.82) is 0 Å². The normalized spacial score (nSPS) is 10.2. The zero-order valence-corrected chi connectivity index (χ0v) is 12.8. The number of nitrogens with one attached hydrogen (secondary N) is 2. The lowest BCUT2D eigenvalue weighted by atomic mass is 10.2. The standard InChI is InChI=1S/C16H22N4O/c1-4-14-15(17-5-2)19-11-20-16(14)18-10-12-6-8-13(21-3)9-7-12/h6-9,11H,4-5,10H2,1-3H3,(H2,17,18,19,20). The monoisotopic (exact) mass is 286 g/mol. The molecule has 1 heterocycles. The van der Waals surface area contributed by atoms with E-state index in [1.165, 1.54) is 5.56 Å². The van der Waals surface area contributed by atoms with Gasteiger partial charge < -0.3 is 15.4 Å². The van der Waals surface area contributed by atoms with Crippen molar-refractivity contribution in [3.63, 3.8) is 0 Å². The van der Waals surface area contributed by atoms with Gasteiger partial charge in [-0.2, -0.15) is 0 Å². The molecule has 0 amide bonds. The largest absolute Gasteiger partial charge is 0.497 e. The lowest BCUT2D eigenvalue weighted by molar-refractivity contribution is 0.414. The fourth-order valence-corrected chi connectivity index (χ4v) is 2.15. The van der Waals surface area contributed by atoms with Crippen molar-refractivity contribution >= 4 is 11.6 Å². The molecule has 0 bridgehead atoms. The first-order chi connectivity index (χ1) is 10.3. The number of methoxy groups -OCH3 is 1. The summed E-state index contributed by atoms with van der Waals surface area (Å²) in [5, 5.41) is 6.66. The zero-order chi connectivity index (χ0) is 15.1. The molecule has 21 heavy (non-hydrogen) atoms. The van der Waals surface area contributed by atoms with Crippen LogP contribution >= 0.6 is 0 Å². The third-order valence-electron chi connectivity index (χ3n) is 3.26. The lowest BCUT2D eigenvalue weighted by Crippen LogP contribution is -2.09. The van der Waals surface area contributed by atoms with E-state index in [-0.39, 0.29) is 0 Å². The Morgan fingerprint density at radius 3 is 2.24 bits per heavy atom. The molecule has 0 saturated carbocycles. The van der Waals surface area contributed by atoms with Crippen LogP contribution in [0, 0.1) is 0 Å². The van der Waals surface area contributed by atoms with Crippen LogP contribution < -0.4 is 15.4 Å². The van der Waals surface area contributed by atoms with E-state index in [9.17, 15) is 0 Å². The Morgan fingerprint density at radius 2 is 1.67 bits per heavy atom. The molecule has 0 fully saturated rings. The molecule has 2 N–H and O–H groups in total. The van der Waals surface area contributed by atoms with Crippen LogP contribution in [0.4, 0.5) is 11.6 Å². The first-order valence-corrected chi connectivity index (χ1v) is 7.23. The lowest BCUT2D eigenvalue weighted by Gasteiger charge is -2.13. The van der Waals surface area contributed by atoms with Crippen LogP contribution in [-0.2, 0) is 13.0 Å². The van der Waals surface area contributed by atoms with Gasteiger partial charge in [-0.3, -0.25) is 0 Å². The van der Waals surface area contributed by atoms with Gasteiger partial charge in [0, 0.05) is 18.7 Å². The number of rotatable bonds is 7. The van der Waals surface area contributed by atoms with Gasteiger partial charge in [-0.25, -0.2) is 9.97 Å². The average Bonchev–Trinajstić information content (AvgIpc) is 2.54. The van der Waals surface area contributed by atoms with Gasteiger partial charge in [0.1, 0.15) is 23.7 Å².